The van der Waals surface area contributed by atoms with Crippen molar-refractivity contribution in [1.29, 1.82) is 0 Å². The fourth-order valence-corrected chi connectivity index (χ4v) is 3.04. The second kappa shape index (κ2) is 5.41. The van der Waals surface area contributed by atoms with E-state index in [2.05, 4.69) is 37.0 Å². The summed E-state index contributed by atoms with van der Waals surface area (Å²) in [6, 6.07) is 6.59. The molecule has 0 amide bonds. The fourth-order valence-electron chi connectivity index (χ4n) is 3.04. The second-order valence-corrected chi connectivity index (χ2v) is 5.70. The van der Waals surface area contributed by atoms with Crippen molar-refractivity contribution in [2.45, 2.75) is 45.6 Å². The molecule has 3 rings (SSSR count). The Kier molecular flexibility index (Phi) is 3.62. The van der Waals surface area contributed by atoms with Gasteiger partial charge in [0.2, 0.25) is 0 Å². The number of nitrogens with zero attached hydrogens (tertiary/aromatic N) is 1. The molecule has 0 saturated heterocycles. The van der Waals surface area contributed by atoms with E-state index in [9.17, 15) is 5.11 Å². The standard InChI is InChI=1S/C17H22N2O/c1-3-12(10-20)18-16-6-4-5-13-14-9-11(2)7-8-15(14)19-17(13)16/h7-9,12,19-20H,3-6,10H2,1-2H3/t12-/m1/s1. The third kappa shape index (κ3) is 2.27. The van der Waals surface area contributed by atoms with Crippen molar-refractivity contribution < 1.29 is 5.11 Å². The number of nitrogens with one attached hydrogen (secondary N) is 1. The van der Waals surface area contributed by atoms with E-state index in [1.165, 1.54) is 27.7 Å². The molecule has 0 saturated carbocycles. The van der Waals surface area contributed by atoms with E-state index in [4.69, 9.17) is 4.99 Å². The van der Waals surface area contributed by atoms with Crippen molar-refractivity contribution in [3.05, 3.63) is 35.0 Å². The lowest BCUT2D eigenvalue weighted by atomic mass is 9.93. The van der Waals surface area contributed by atoms with Crippen LogP contribution in [0.2, 0.25) is 0 Å². The lowest BCUT2D eigenvalue weighted by molar-refractivity contribution is 0.264. The molecule has 1 aromatic carbocycles. The first kappa shape index (κ1) is 13.4. The van der Waals surface area contributed by atoms with Crippen LogP contribution in [0.15, 0.2) is 23.2 Å². The highest BCUT2D eigenvalue weighted by molar-refractivity contribution is 6.06. The summed E-state index contributed by atoms with van der Waals surface area (Å²) >= 11 is 0. The van der Waals surface area contributed by atoms with Crippen LogP contribution in [0.4, 0.5) is 0 Å². The Bertz CT molecular complexity index is 650. The van der Waals surface area contributed by atoms with Crippen LogP contribution < -0.4 is 0 Å². The molecule has 1 aliphatic carbocycles. The van der Waals surface area contributed by atoms with Crippen LogP contribution in [0.25, 0.3) is 10.9 Å². The average Bonchev–Trinajstić information content (AvgIpc) is 2.83. The number of hydrogen-bond donors (Lipinski definition) is 2. The molecule has 2 N–H and O–H groups in total. The van der Waals surface area contributed by atoms with Crippen molar-refractivity contribution in [2.24, 2.45) is 4.99 Å². The van der Waals surface area contributed by atoms with E-state index in [1.807, 2.05) is 0 Å². The van der Waals surface area contributed by atoms with E-state index < -0.39 is 0 Å². The molecule has 0 radical (unpaired) electrons. The maximum absolute atomic E-state index is 9.36. The zero-order valence-electron chi connectivity index (χ0n) is 12.2. The minimum absolute atomic E-state index is 0.0316. The molecule has 0 fully saturated rings. The topological polar surface area (TPSA) is 48.4 Å². The molecule has 3 nitrogen and oxygen atoms in total. The van der Waals surface area contributed by atoms with Crippen molar-refractivity contribution in [3.8, 4) is 0 Å². The van der Waals surface area contributed by atoms with Crippen LogP contribution in [0.1, 0.15) is 43.0 Å². The molecule has 0 spiro atoms. The Labute approximate surface area is 119 Å². The summed E-state index contributed by atoms with van der Waals surface area (Å²) in [4.78, 5) is 8.30. The molecule has 0 bridgehead atoms. The van der Waals surface area contributed by atoms with Crippen LogP contribution in [-0.4, -0.2) is 28.5 Å². The lowest BCUT2D eigenvalue weighted by Crippen LogP contribution is -2.17. The van der Waals surface area contributed by atoms with Crippen molar-refractivity contribution in [2.75, 3.05) is 6.61 Å². The maximum atomic E-state index is 9.36. The molecular formula is C17H22N2O. The Morgan fingerprint density at radius 3 is 2.95 bits per heavy atom. The van der Waals surface area contributed by atoms with Crippen LogP contribution >= 0.6 is 0 Å². The largest absolute Gasteiger partial charge is 0.394 e. The van der Waals surface area contributed by atoms with Crippen LogP contribution in [0.3, 0.4) is 0 Å². The molecule has 1 heterocycles. The summed E-state index contributed by atoms with van der Waals surface area (Å²) < 4.78 is 0. The summed E-state index contributed by atoms with van der Waals surface area (Å²) in [5, 5.41) is 10.7. The zero-order chi connectivity index (χ0) is 14.1. The molecular weight excluding hydrogens is 248 g/mol. The number of benzene rings is 1. The fraction of sp³-hybridized carbons (Fsp3) is 0.471. The molecule has 1 atom stereocenters. The van der Waals surface area contributed by atoms with Crippen molar-refractivity contribution in [1.82, 2.24) is 4.98 Å². The highest BCUT2D eigenvalue weighted by atomic mass is 16.3. The average molecular weight is 270 g/mol. The molecule has 20 heavy (non-hydrogen) atoms. The molecule has 0 unspecified atom stereocenters. The number of aliphatic imine (C=N–C) groups is 1. The number of fused-ring (bicyclic) bond motifs is 3. The molecule has 106 valence electrons. The maximum Gasteiger partial charge on any atom is 0.0731 e. The highest BCUT2D eigenvalue weighted by Gasteiger charge is 2.21. The van der Waals surface area contributed by atoms with Gasteiger partial charge in [-0.25, -0.2) is 0 Å². The van der Waals surface area contributed by atoms with Gasteiger partial charge in [-0.15, -0.1) is 0 Å². The van der Waals surface area contributed by atoms with Crippen LogP contribution in [0, 0.1) is 6.92 Å². The molecule has 1 aromatic heterocycles. The quantitative estimate of drug-likeness (QED) is 0.882. The number of aliphatic hydroxyl groups excluding tert-OH is 1. The monoisotopic (exact) mass is 270 g/mol. The van der Waals surface area contributed by atoms with E-state index >= 15 is 0 Å². The smallest absolute Gasteiger partial charge is 0.0731 e. The van der Waals surface area contributed by atoms with E-state index in [1.54, 1.807) is 0 Å². The van der Waals surface area contributed by atoms with Gasteiger partial charge in [0.25, 0.3) is 0 Å². The zero-order valence-corrected chi connectivity index (χ0v) is 12.2. The van der Waals surface area contributed by atoms with Gasteiger partial charge in [0.15, 0.2) is 0 Å². The van der Waals surface area contributed by atoms with Gasteiger partial charge >= 0.3 is 0 Å². The molecule has 1 aliphatic rings. The Hall–Kier alpha value is -1.61. The summed E-state index contributed by atoms with van der Waals surface area (Å²) in [6.45, 7) is 4.34. The first-order valence-corrected chi connectivity index (χ1v) is 7.52. The van der Waals surface area contributed by atoms with E-state index in [0.29, 0.717) is 0 Å². The summed E-state index contributed by atoms with van der Waals surface area (Å²) in [7, 11) is 0. The number of aromatic amines is 1. The highest BCUT2D eigenvalue weighted by Crippen LogP contribution is 2.30. The Morgan fingerprint density at radius 1 is 1.35 bits per heavy atom. The summed E-state index contributed by atoms with van der Waals surface area (Å²) in [6.07, 6.45) is 4.16. The number of aliphatic hydroxyl groups is 1. The first-order valence-electron chi connectivity index (χ1n) is 7.52. The minimum atomic E-state index is 0.0316. The lowest BCUT2D eigenvalue weighted by Gasteiger charge is -2.17. The molecule has 2 aromatic rings. The van der Waals surface area contributed by atoms with Gasteiger partial charge in [-0.2, -0.15) is 0 Å². The number of H-pyrrole nitrogens is 1. The number of aryl methyl sites for hydroxylation is 2. The Morgan fingerprint density at radius 2 is 2.20 bits per heavy atom. The van der Waals surface area contributed by atoms with Gasteiger partial charge in [-0.1, -0.05) is 18.6 Å². The van der Waals surface area contributed by atoms with Gasteiger partial charge in [0.1, 0.15) is 0 Å². The van der Waals surface area contributed by atoms with E-state index in [-0.39, 0.29) is 12.6 Å². The van der Waals surface area contributed by atoms with Gasteiger partial charge < -0.3 is 10.1 Å². The minimum Gasteiger partial charge on any atom is -0.394 e. The first-order chi connectivity index (χ1) is 9.72. The van der Waals surface area contributed by atoms with Gasteiger partial charge in [0.05, 0.1) is 24.1 Å². The van der Waals surface area contributed by atoms with E-state index in [0.717, 1.165) is 31.4 Å². The summed E-state index contributed by atoms with van der Waals surface area (Å²) in [5.41, 5.74) is 6.24. The normalized spacial score (nSPS) is 18.4. The predicted molar refractivity (Wildman–Crippen MR) is 83.7 cm³/mol. The van der Waals surface area contributed by atoms with Crippen molar-refractivity contribution in [3.63, 3.8) is 0 Å². The van der Waals surface area contributed by atoms with Gasteiger partial charge in [-0.05, 0) is 50.3 Å². The number of aromatic nitrogens is 1. The van der Waals surface area contributed by atoms with Gasteiger partial charge in [0, 0.05) is 10.9 Å². The number of rotatable bonds is 3. The molecule has 0 aliphatic heterocycles. The third-order valence-corrected chi connectivity index (χ3v) is 4.21. The SMILES string of the molecule is CC[C@H](CO)N=C1CCCc2c1[nH]c1ccc(C)cc21. The Balaban J connectivity index is 2.11. The number of hydrogen-bond acceptors (Lipinski definition) is 2. The van der Waals surface area contributed by atoms with Gasteiger partial charge in [-0.3, -0.25) is 4.99 Å². The predicted octanol–water partition coefficient (Wildman–Crippen LogP) is 3.37. The molecule has 3 heteroatoms. The van der Waals surface area contributed by atoms with Crippen LogP contribution in [-0.2, 0) is 6.42 Å². The third-order valence-electron chi connectivity index (χ3n) is 4.21. The van der Waals surface area contributed by atoms with Crippen molar-refractivity contribution >= 4 is 16.6 Å². The van der Waals surface area contributed by atoms with Crippen LogP contribution in [0.5, 0.6) is 0 Å². The second-order valence-electron chi connectivity index (χ2n) is 5.70. The summed E-state index contributed by atoms with van der Waals surface area (Å²) in [5.74, 6) is 0.